The number of hydrogen-bond acceptors (Lipinski definition) is 3. The van der Waals surface area contributed by atoms with Gasteiger partial charge in [0.1, 0.15) is 0 Å². The van der Waals surface area contributed by atoms with E-state index in [4.69, 9.17) is 11.6 Å². The first-order chi connectivity index (χ1) is 12.4. The molecule has 2 aromatic carbocycles. The lowest BCUT2D eigenvalue weighted by Gasteiger charge is -2.13. The normalized spacial score (nSPS) is 10.3. The number of rotatable bonds is 7. The highest BCUT2D eigenvalue weighted by Crippen LogP contribution is 2.26. The summed E-state index contributed by atoms with van der Waals surface area (Å²) in [4.78, 5) is 24.0. The van der Waals surface area contributed by atoms with Crippen LogP contribution >= 0.6 is 11.6 Å². The Morgan fingerprint density at radius 3 is 2.50 bits per heavy atom. The van der Waals surface area contributed by atoms with E-state index in [-0.39, 0.29) is 18.4 Å². The lowest BCUT2D eigenvalue weighted by molar-refractivity contribution is -0.116. The number of hydrogen-bond donors (Lipinski definition) is 3. The molecule has 0 aliphatic carbocycles. The molecule has 0 atom stereocenters. The first-order valence-electron chi connectivity index (χ1n) is 8.60. The Balaban J connectivity index is 1.99. The van der Waals surface area contributed by atoms with E-state index in [0.717, 1.165) is 23.2 Å². The Kier molecular flexibility index (Phi) is 7.04. The molecule has 0 spiro atoms. The van der Waals surface area contributed by atoms with E-state index in [1.165, 1.54) is 0 Å². The molecule has 3 N–H and O–H groups in total. The van der Waals surface area contributed by atoms with Gasteiger partial charge in [-0.05, 0) is 55.7 Å². The Hall–Kier alpha value is -2.53. The van der Waals surface area contributed by atoms with Gasteiger partial charge in [0.2, 0.25) is 11.8 Å². The number of carbonyl (C=O) groups is 2. The van der Waals surface area contributed by atoms with Crippen LogP contribution in [-0.4, -0.2) is 18.4 Å². The van der Waals surface area contributed by atoms with Crippen molar-refractivity contribution in [2.45, 2.75) is 33.6 Å². The van der Waals surface area contributed by atoms with Gasteiger partial charge in [-0.25, -0.2) is 0 Å². The fraction of sp³-hybridized carbons (Fsp3) is 0.300. The highest BCUT2D eigenvalue weighted by atomic mass is 35.5. The first kappa shape index (κ1) is 19.8. The molecule has 6 heteroatoms. The van der Waals surface area contributed by atoms with Crippen LogP contribution in [0.4, 0.5) is 17.1 Å². The molecule has 0 bridgehead atoms. The molecule has 26 heavy (non-hydrogen) atoms. The maximum Gasteiger partial charge on any atom is 0.243 e. The van der Waals surface area contributed by atoms with Crippen LogP contribution in [0.25, 0.3) is 0 Å². The molecule has 0 radical (unpaired) electrons. The topological polar surface area (TPSA) is 70.2 Å². The maximum absolute atomic E-state index is 12.3. The van der Waals surface area contributed by atoms with Crippen molar-refractivity contribution < 1.29 is 9.59 Å². The van der Waals surface area contributed by atoms with Crippen molar-refractivity contribution in [1.82, 2.24) is 0 Å². The van der Waals surface area contributed by atoms with Gasteiger partial charge in [-0.15, -0.1) is 0 Å². The van der Waals surface area contributed by atoms with E-state index in [1.807, 2.05) is 39.0 Å². The summed E-state index contributed by atoms with van der Waals surface area (Å²) in [5.74, 6) is -0.284. The van der Waals surface area contributed by atoms with E-state index >= 15 is 0 Å². The molecule has 2 rings (SSSR count). The van der Waals surface area contributed by atoms with E-state index in [2.05, 4.69) is 16.0 Å². The third kappa shape index (κ3) is 5.49. The number of nitrogens with one attached hydrogen (secondary N) is 3. The van der Waals surface area contributed by atoms with E-state index in [1.54, 1.807) is 18.2 Å². The fourth-order valence-electron chi connectivity index (χ4n) is 2.46. The van der Waals surface area contributed by atoms with Gasteiger partial charge in [-0.1, -0.05) is 30.7 Å². The second kappa shape index (κ2) is 9.25. The van der Waals surface area contributed by atoms with Crippen molar-refractivity contribution in [1.29, 1.82) is 0 Å². The molecular weight excluding hydrogens is 350 g/mol. The van der Waals surface area contributed by atoms with Crippen molar-refractivity contribution >= 4 is 40.5 Å². The number of carbonyl (C=O) groups excluding carboxylic acids is 2. The van der Waals surface area contributed by atoms with Gasteiger partial charge in [0.15, 0.2) is 0 Å². The molecule has 2 amide bonds. The van der Waals surface area contributed by atoms with Crippen LogP contribution in [-0.2, 0) is 9.59 Å². The Labute approximate surface area is 159 Å². The van der Waals surface area contributed by atoms with Crippen LogP contribution in [0, 0.1) is 13.8 Å². The number of amides is 2. The number of aryl methyl sites for hydroxylation is 1. The molecule has 0 aromatic heterocycles. The SMILES string of the molecule is CCCC(=O)Nc1ccc(Cl)c(NC(=O)CNc2cccc(C)c2C)c1. The van der Waals surface area contributed by atoms with Gasteiger partial charge < -0.3 is 16.0 Å². The van der Waals surface area contributed by atoms with Crippen LogP contribution in [0.1, 0.15) is 30.9 Å². The number of halogens is 1. The first-order valence-corrected chi connectivity index (χ1v) is 8.98. The summed E-state index contributed by atoms with van der Waals surface area (Å²) in [6.45, 7) is 6.09. The fourth-order valence-corrected chi connectivity index (χ4v) is 2.63. The molecule has 0 heterocycles. The molecule has 2 aromatic rings. The third-order valence-electron chi connectivity index (χ3n) is 4.05. The van der Waals surface area contributed by atoms with Gasteiger partial charge in [0.25, 0.3) is 0 Å². The largest absolute Gasteiger partial charge is 0.376 e. The predicted octanol–water partition coefficient (Wildman–Crippen LogP) is 4.75. The maximum atomic E-state index is 12.3. The molecule has 0 aliphatic heterocycles. The minimum absolute atomic E-state index is 0.0660. The van der Waals surface area contributed by atoms with Gasteiger partial charge >= 0.3 is 0 Å². The summed E-state index contributed by atoms with van der Waals surface area (Å²) >= 11 is 6.15. The van der Waals surface area contributed by atoms with Crippen molar-refractivity contribution in [3.05, 3.63) is 52.5 Å². The Morgan fingerprint density at radius 1 is 1.00 bits per heavy atom. The van der Waals surface area contributed by atoms with E-state index in [0.29, 0.717) is 22.8 Å². The van der Waals surface area contributed by atoms with Crippen LogP contribution < -0.4 is 16.0 Å². The van der Waals surface area contributed by atoms with Crippen molar-refractivity contribution in [2.24, 2.45) is 0 Å². The molecule has 0 aliphatic rings. The summed E-state index contributed by atoms with van der Waals surface area (Å²) < 4.78 is 0. The van der Waals surface area contributed by atoms with Gasteiger partial charge in [-0.3, -0.25) is 9.59 Å². The Bertz CT molecular complexity index is 806. The molecule has 0 saturated carbocycles. The van der Waals surface area contributed by atoms with Crippen molar-refractivity contribution in [3.63, 3.8) is 0 Å². The summed E-state index contributed by atoms with van der Waals surface area (Å²) in [6.07, 6.45) is 1.22. The summed E-state index contributed by atoms with van der Waals surface area (Å²) in [5, 5.41) is 9.11. The van der Waals surface area contributed by atoms with Crippen LogP contribution in [0.5, 0.6) is 0 Å². The zero-order valence-electron chi connectivity index (χ0n) is 15.3. The molecule has 138 valence electrons. The minimum atomic E-state index is -0.218. The second-order valence-electron chi connectivity index (χ2n) is 6.14. The van der Waals surface area contributed by atoms with Crippen LogP contribution in [0.2, 0.25) is 5.02 Å². The summed E-state index contributed by atoms with van der Waals surface area (Å²) in [7, 11) is 0. The van der Waals surface area contributed by atoms with Crippen LogP contribution in [0.15, 0.2) is 36.4 Å². The predicted molar refractivity (Wildman–Crippen MR) is 108 cm³/mol. The standard InChI is InChI=1S/C20H24ClN3O2/c1-4-6-19(25)23-15-9-10-16(21)18(11-15)24-20(26)12-22-17-8-5-7-13(2)14(17)3/h5,7-11,22H,4,6,12H2,1-3H3,(H,23,25)(H,24,26). The molecule has 5 nitrogen and oxygen atoms in total. The second-order valence-corrected chi connectivity index (χ2v) is 6.55. The van der Waals surface area contributed by atoms with Crippen molar-refractivity contribution in [3.8, 4) is 0 Å². The summed E-state index contributed by atoms with van der Waals surface area (Å²) in [6, 6.07) is 10.9. The zero-order chi connectivity index (χ0) is 19.1. The smallest absolute Gasteiger partial charge is 0.243 e. The molecular formula is C20H24ClN3O2. The minimum Gasteiger partial charge on any atom is -0.376 e. The quantitative estimate of drug-likeness (QED) is 0.656. The van der Waals surface area contributed by atoms with Gasteiger partial charge in [-0.2, -0.15) is 0 Å². The number of anilines is 3. The van der Waals surface area contributed by atoms with Crippen LogP contribution in [0.3, 0.4) is 0 Å². The van der Waals surface area contributed by atoms with Gasteiger partial charge in [0.05, 0.1) is 17.3 Å². The van der Waals surface area contributed by atoms with Crippen molar-refractivity contribution in [2.75, 3.05) is 22.5 Å². The van der Waals surface area contributed by atoms with Gasteiger partial charge in [0, 0.05) is 17.8 Å². The zero-order valence-corrected chi connectivity index (χ0v) is 16.0. The van der Waals surface area contributed by atoms with E-state index < -0.39 is 0 Å². The van der Waals surface area contributed by atoms with E-state index in [9.17, 15) is 9.59 Å². The third-order valence-corrected chi connectivity index (χ3v) is 4.37. The highest BCUT2D eigenvalue weighted by Gasteiger charge is 2.09. The average molecular weight is 374 g/mol. The lowest BCUT2D eigenvalue weighted by Crippen LogP contribution is -2.22. The average Bonchev–Trinajstić information content (AvgIpc) is 2.59. The molecule has 0 saturated heterocycles. The number of benzene rings is 2. The Morgan fingerprint density at radius 2 is 1.77 bits per heavy atom. The summed E-state index contributed by atoms with van der Waals surface area (Å²) in [5.41, 5.74) is 4.26. The molecule has 0 fully saturated rings. The monoisotopic (exact) mass is 373 g/mol. The molecule has 0 unspecified atom stereocenters. The highest BCUT2D eigenvalue weighted by molar-refractivity contribution is 6.33. The lowest BCUT2D eigenvalue weighted by atomic mass is 10.1.